The normalized spacial score (nSPS) is 16.2. The summed E-state index contributed by atoms with van der Waals surface area (Å²) in [5.41, 5.74) is 0.680. The Morgan fingerprint density at radius 2 is 2.09 bits per heavy atom. The monoisotopic (exact) mass is 313 g/mol. The van der Waals surface area contributed by atoms with Gasteiger partial charge in [0.25, 0.3) is 0 Å². The van der Waals surface area contributed by atoms with Crippen LogP contribution in [0.3, 0.4) is 0 Å². The van der Waals surface area contributed by atoms with Gasteiger partial charge in [-0.1, -0.05) is 0 Å². The molecule has 0 spiro atoms. The molecule has 2 heterocycles. The Balaban J connectivity index is 2.04. The summed E-state index contributed by atoms with van der Waals surface area (Å²) in [4.78, 5) is 6.50. The molecule has 1 aliphatic heterocycles. The zero-order chi connectivity index (χ0) is 16.4. The Kier molecular flexibility index (Phi) is 4.22. The van der Waals surface area contributed by atoms with Crippen molar-refractivity contribution in [2.75, 3.05) is 27.2 Å². The first-order chi connectivity index (χ1) is 11.1. The van der Waals surface area contributed by atoms with Gasteiger partial charge in [0.15, 0.2) is 0 Å². The zero-order valence-corrected chi connectivity index (χ0v) is 13.2. The Bertz CT molecular complexity index is 762. The van der Waals surface area contributed by atoms with Gasteiger partial charge >= 0.3 is 0 Å². The van der Waals surface area contributed by atoms with E-state index in [0.29, 0.717) is 22.4 Å². The van der Waals surface area contributed by atoms with Crippen molar-refractivity contribution < 1.29 is 14.6 Å². The summed E-state index contributed by atoms with van der Waals surface area (Å²) in [7, 11) is 3.66. The number of aromatic hydroxyl groups is 1. The summed E-state index contributed by atoms with van der Waals surface area (Å²) >= 11 is 0. The molecule has 1 aromatic carbocycles. The predicted octanol–water partition coefficient (Wildman–Crippen LogP) is 2.29. The maximum atomic E-state index is 10.4. The largest absolute Gasteiger partial charge is 0.506 e. The van der Waals surface area contributed by atoms with Crippen LogP contribution in [0.2, 0.25) is 0 Å². The number of pyridine rings is 1. The van der Waals surface area contributed by atoms with Crippen LogP contribution in [-0.4, -0.2) is 48.3 Å². The van der Waals surface area contributed by atoms with E-state index in [4.69, 9.17) is 14.7 Å². The molecule has 1 saturated heterocycles. The molecule has 1 aromatic heterocycles. The van der Waals surface area contributed by atoms with E-state index in [2.05, 4.69) is 16.9 Å². The third-order valence-electron chi connectivity index (χ3n) is 4.19. The van der Waals surface area contributed by atoms with E-state index in [-0.39, 0.29) is 17.4 Å². The van der Waals surface area contributed by atoms with Crippen molar-refractivity contribution in [1.82, 2.24) is 9.88 Å². The molecule has 0 bridgehead atoms. The second-order valence-electron chi connectivity index (χ2n) is 5.77. The first-order valence-electron chi connectivity index (χ1n) is 7.57. The summed E-state index contributed by atoms with van der Waals surface area (Å²) in [6, 6.07) is 5.41. The van der Waals surface area contributed by atoms with Gasteiger partial charge in [0.1, 0.15) is 35.0 Å². The van der Waals surface area contributed by atoms with Gasteiger partial charge < -0.3 is 19.5 Å². The number of piperidine rings is 1. The lowest BCUT2D eigenvalue weighted by Gasteiger charge is -2.29. The van der Waals surface area contributed by atoms with Crippen molar-refractivity contribution in [2.45, 2.75) is 18.9 Å². The lowest BCUT2D eigenvalue weighted by molar-refractivity contribution is 0.115. The van der Waals surface area contributed by atoms with E-state index < -0.39 is 0 Å². The van der Waals surface area contributed by atoms with Crippen LogP contribution in [0.25, 0.3) is 10.9 Å². The van der Waals surface area contributed by atoms with Crippen LogP contribution >= 0.6 is 0 Å². The highest BCUT2D eigenvalue weighted by Gasteiger charge is 2.21. The minimum absolute atomic E-state index is 0.0756. The number of ether oxygens (including phenoxy) is 2. The lowest BCUT2D eigenvalue weighted by Crippen LogP contribution is -2.35. The van der Waals surface area contributed by atoms with Crippen molar-refractivity contribution in [3.8, 4) is 23.3 Å². The van der Waals surface area contributed by atoms with Gasteiger partial charge in [-0.3, -0.25) is 4.98 Å². The molecule has 0 aliphatic carbocycles. The topological polar surface area (TPSA) is 78.6 Å². The predicted molar refractivity (Wildman–Crippen MR) is 85.8 cm³/mol. The molecule has 1 fully saturated rings. The molecule has 3 rings (SSSR count). The summed E-state index contributed by atoms with van der Waals surface area (Å²) in [5.74, 6) is 1.02. The van der Waals surface area contributed by atoms with Gasteiger partial charge in [-0.15, -0.1) is 0 Å². The Morgan fingerprint density at radius 3 is 2.74 bits per heavy atom. The molecule has 6 nitrogen and oxygen atoms in total. The van der Waals surface area contributed by atoms with Crippen molar-refractivity contribution in [3.05, 3.63) is 23.9 Å². The quantitative estimate of drug-likeness (QED) is 0.936. The number of rotatable bonds is 3. The van der Waals surface area contributed by atoms with Gasteiger partial charge in [0.05, 0.1) is 18.0 Å². The first kappa shape index (κ1) is 15.4. The average molecular weight is 313 g/mol. The molecule has 0 saturated carbocycles. The highest BCUT2D eigenvalue weighted by molar-refractivity contribution is 5.93. The average Bonchev–Trinajstić information content (AvgIpc) is 2.57. The molecule has 1 aliphatic rings. The van der Waals surface area contributed by atoms with E-state index >= 15 is 0 Å². The number of hydrogen-bond acceptors (Lipinski definition) is 6. The number of aromatic nitrogens is 1. The Hall–Kier alpha value is -2.52. The number of methoxy groups -OCH3 is 1. The number of benzene rings is 1. The van der Waals surface area contributed by atoms with E-state index in [1.165, 1.54) is 6.20 Å². The van der Waals surface area contributed by atoms with Gasteiger partial charge in [-0.2, -0.15) is 5.26 Å². The number of hydrogen-bond donors (Lipinski definition) is 1. The van der Waals surface area contributed by atoms with Crippen LogP contribution in [0, 0.1) is 11.3 Å². The minimum atomic E-state index is -0.0944. The van der Waals surface area contributed by atoms with Crippen LogP contribution in [0.1, 0.15) is 18.4 Å². The van der Waals surface area contributed by atoms with Gasteiger partial charge in [0.2, 0.25) is 0 Å². The number of nitriles is 1. The second kappa shape index (κ2) is 6.31. The Labute approximate surface area is 134 Å². The smallest absolute Gasteiger partial charge is 0.148 e. The maximum absolute atomic E-state index is 10.4. The fourth-order valence-electron chi connectivity index (χ4n) is 2.82. The summed E-state index contributed by atoms with van der Waals surface area (Å²) in [5, 5.41) is 19.9. The standard InChI is InChI=1S/C17H19N3O3/c1-20-5-3-12(4-6-20)23-15-8-13(22-2)7-14-16(15)17(21)11(9-18)10-19-14/h7-8,10,12H,3-6H2,1-2H3,(H,19,21). The summed E-state index contributed by atoms with van der Waals surface area (Å²) < 4.78 is 11.4. The molecule has 2 aromatic rings. The highest BCUT2D eigenvalue weighted by atomic mass is 16.5. The van der Waals surface area contributed by atoms with E-state index in [1.807, 2.05) is 6.07 Å². The van der Waals surface area contributed by atoms with Crippen LogP contribution in [0.4, 0.5) is 0 Å². The molecule has 0 radical (unpaired) electrons. The highest BCUT2D eigenvalue weighted by Crippen LogP contribution is 2.38. The van der Waals surface area contributed by atoms with Gasteiger partial charge in [-0.05, 0) is 19.9 Å². The third-order valence-corrected chi connectivity index (χ3v) is 4.19. The van der Waals surface area contributed by atoms with Crippen molar-refractivity contribution in [1.29, 1.82) is 5.26 Å². The Morgan fingerprint density at radius 1 is 1.35 bits per heavy atom. The third kappa shape index (κ3) is 3.01. The number of fused-ring (bicyclic) bond motifs is 1. The zero-order valence-electron chi connectivity index (χ0n) is 13.2. The van der Waals surface area contributed by atoms with Gasteiger partial charge in [-0.25, -0.2) is 0 Å². The fourth-order valence-corrected chi connectivity index (χ4v) is 2.82. The van der Waals surface area contributed by atoms with E-state index in [9.17, 15) is 5.11 Å². The molecule has 0 atom stereocenters. The van der Waals surface area contributed by atoms with E-state index in [1.54, 1.807) is 19.2 Å². The summed E-state index contributed by atoms with van der Waals surface area (Å²) in [6.07, 6.45) is 3.27. The van der Waals surface area contributed by atoms with Crippen molar-refractivity contribution >= 4 is 10.9 Å². The first-order valence-corrected chi connectivity index (χ1v) is 7.57. The lowest BCUT2D eigenvalue weighted by atomic mass is 10.1. The molecular weight excluding hydrogens is 294 g/mol. The molecule has 23 heavy (non-hydrogen) atoms. The minimum Gasteiger partial charge on any atom is -0.506 e. The SMILES string of the molecule is COc1cc(OC2CCN(C)CC2)c2c(O)c(C#N)cnc2c1. The molecule has 0 amide bonds. The van der Waals surface area contributed by atoms with Crippen LogP contribution < -0.4 is 9.47 Å². The van der Waals surface area contributed by atoms with Crippen molar-refractivity contribution in [3.63, 3.8) is 0 Å². The molecular formula is C17H19N3O3. The summed E-state index contributed by atoms with van der Waals surface area (Å²) in [6.45, 7) is 1.94. The molecule has 6 heteroatoms. The molecule has 0 unspecified atom stereocenters. The number of likely N-dealkylation sites (tertiary alicyclic amines) is 1. The van der Waals surface area contributed by atoms with Crippen LogP contribution in [0.15, 0.2) is 18.3 Å². The molecule has 120 valence electrons. The maximum Gasteiger partial charge on any atom is 0.148 e. The second-order valence-corrected chi connectivity index (χ2v) is 5.77. The fraction of sp³-hybridized carbons (Fsp3) is 0.412. The van der Waals surface area contributed by atoms with Crippen LogP contribution in [-0.2, 0) is 0 Å². The van der Waals surface area contributed by atoms with Gasteiger partial charge in [0, 0.05) is 31.4 Å². The molecule has 1 N–H and O–H groups in total. The van der Waals surface area contributed by atoms with Crippen LogP contribution in [0.5, 0.6) is 17.2 Å². The number of nitrogens with zero attached hydrogens (tertiary/aromatic N) is 3. The van der Waals surface area contributed by atoms with E-state index in [0.717, 1.165) is 25.9 Å². The van der Waals surface area contributed by atoms with Crippen molar-refractivity contribution in [2.24, 2.45) is 0 Å².